The van der Waals surface area contributed by atoms with Gasteiger partial charge in [-0.05, 0) is 90.8 Å². The van der Waals surface area contributed by atoms with Crippen LogP contribution >= 0.6 is 0 Å². The van der Waals surface area contributed by atoms with Crippen molar-refractivity contribution in [1.29, 1.82) is 0 Å². The molecule has 0 saturated heterocycles. The van der Waals surface area contributed by atoms with Crippen molar-refractivity contribution in [2.45, 2.75) is 113 Å². The molecule has 0 aromatic heterocycles. The summed E-state index contributed by atoms with van der Waals surface area (Å²) in [6.45, 7) is 16.9. The maximum absolute atomic E-state index is 13.7. The lowest BCUT2D eigenvalue weighted by molar-refractivity contribution is -0.195. The molecule has 0 unspecified atom stereocenters. The predicted molar refractivity (Wildman–Crippen MR) is 144 cm³/mol. The number of hydrogen-bond acceptors (Lipinski definition) is 5. The van der Waals surface area contributed by atoms with Crippen LogP contribution in [0.1, 0.15) is 100 Å². The quantitative estimate of drug-likeness (QED) is 0.289. The van der Waals surface area contributed by atoms with Gasteiger partial charge in [0.05, 0.1) is 0 Å². The van der Waals surface area contributed by atoms with Crippen LogP contribution in [-0.4, -0.2) is 29.9 Å². The second-order valence-electron chi connectivity index (χ2n) is 13.9. The standard InChI is InChI=1S/C32H50O5/c1-18(2)19(3)9-10-20(4)24-11-12-25-23-15-28(35)27-16-29(36-21(5)33)30(37-22(6)34)17-32(27,8)26(23)13-14-31(24,25)7/h9-10,18-20,23-27,29-30H,11-17H2,1-8H3/t19-,20+,23-,24+,25-,26-,27+,29+,30-,31+,32+/m0/s1. The Hall–Kier alpha value is -1.65. The number of esters is 2. The molecule has 0 aliphatic heterocycles. The maximum Gasteiger partial charge on any atom is 0.303 e. The van der Waals surface area contributed by atoms with Gasteiger partial charge in [-0.3, -0.25) is 14.4 Å². The van der Waals surface area contributed by atoms with Crippen molar-refractivity contribution in [3.05, 3.63) is 12.2 Å². The van der Waals surface area contributed by atoms with Crippen LogP contribution in [0.25, 0.3) is 0 Å². The van der Waals surface area contributed by atoms with Crippen LogP contribution in [-0.2, 0) is 23.9 Å². The van der Waals surface area contributed by atoms with Gasteiger partial charge in [-0.1, -0.05) is 53.7 Å². The van der Waals surface area contributed by atoms with Crippen LogP contribution in [0.3, 0.4) is 0 Å². The first kappa shape index (κ1) is 28.4. The average molecular weight is 515 g/mol. The van der Waals surface area contributed by atoms with E-state index in [0.29, 0.717) is 66.5 Å². The number of carbonyl (C=O) groups is 3. The molecule has 0 amide bonds. The Morgan fingerprint density at radius 1 is 0.892 bits per heavy atom. The molecule has 0 aromatic carbocycles. The lowest BCUT2D eigenvalue weighted by atomic mass is 9.44. The van der Waals surface area contributed by atoms with Crippen molar-refractivity contribution >= 4 is 17.7 Å². The van der Waals surface area contributed by atoms with Gasteiger partial charge in [0.25, 0.3) is 0 Å². The summed E-state index contributed by atoms with van der Waals surface area (Å²) in [5.41, 5.74) is 0.0358. The second-order valence-corrected chi connectivity index (χ2v) is 13.9. The predicted octanol–water partition coefficient (Wildman–Crippen LogP) is 6.78. The summed E-state index contributed by atoms with van der Waals surface area (Å²) < 4.78 is 11.3. The van der Waals surface area contributed by atoms with E-state index in [1.807, 2.05) is 0 Å². The zero-order valence-corrected chi connectivity index (χ0v) is 24.4. The lowest BCUT2D eigenvalue weighted by Crippen LogP contribution is -2.60. The normalized spacial score (nSPS) is 43.1. The molecule has 0 spiro atoms. The molecular formula is C32H50O5. The molecular weight excluding hydrogens is 464 g/mol. The maximum atomic E-state index is 13.7. The highest BCUT2D eigenvalue weighted by molar-refractivity contribution is 5.83. The number of ether oxygens (including phenoxy) is 2. The van der Waals surface area contributed by atoms with Crippen LogP contribution in [0.2, 0.25) is 0 Å². The molecule has 0 N–H and O–H groups in total. The van der Waals surface area contributed by atoms with Crippen LogP contribution in [0.5, 0.6) is 0 Å². The Morgan fingerprint density at radius 3 is 2.14 bits per heavy atom. The molecule has 4 fully saturated rings. The van der Waals surface area contributed by atoms with Crippen LogP contribution in [0.4, 0.5) is 0 Å². The summed E-state index contributed by atoms with van der Waals surface area (Å²) in [7, 11) is 0. The molecule has 0 radical (unpaired) electrons. The van der Waals surface area contributed by atoms with Crippen molar-refractivity contribution in [2.24, 2.45) is 58.2 Å². The van der Waals surface area contributed by atoms with Crippen molar-refractivity contribution in [2.75, 3.05) is 0 Å². The Morgan fingerprint density at radius 2 is 1.51 bits per heavy atom. The van der Waals surface area contributed by atoms with E-state index in [1.54, 1.807) is 0 Å². The SMILES string of the molecule is CC(=O)O[C@H]1C[C@@]2(C)[C@H](C[C@H]1OC(C)=O)C(=O)C[C@@H]1[C@@H]2CC[C@]2(C)[C@@H]([C@H](C)C=C[C@H](C)C(C)C)CC[C@@H]12. The van der Waals surface area contributed by atoms with Gasteiger partial charge in [-0.15, -0.1) is 0 Å². The largest absolute Gasteiger partial charge is 0.459 e. The van der Waals surface area contributed by atoms with Gasteiger partial charge in [0, 0.05) is 26.2 Å². The molecule has 5 heteroatoms. The number of fused-ring (bicyclic) bond motifs is 5. The summed E-state index contributed by atoms with van der Waals surface area (Å²) in [4.78, 5) is 37.5. The molecule has 4 aliphatic rings. The highest BCUT2D eigenvalue weighted by Gasteiger charge is 2.64. The van der Waals surface area contributed by atoms with Gasteiger partial charge in [0.15, 0.2) is 0 Å². The summed E-state index contributed by atoms with van der Waals surface area (Å²) in [5, 5.41) is 0. The molecule has 0 aromatic rings. The number of ketones is 1. The van der Waals surface area contributed by atoms with Gasteiger partial charge >= 0.3 is 11.9 Å². The van der Waals surface area contributed by atoms with Crippen LogP contribution < -0.4 is 0 Å². The van der Waals surface area contributed by atoms with Crippen LogP contribution in [0, 0.1) is 58.2 Å². The van der Waals surface area contributed by atoms with Crippen molar-refractivity contribution in [3.63, 3.8) is 0 Å². The zero-order valence-electron chi connectivity index (χ0n) is 24.4. The minimum Gasteiger partial charge on any atom is -0.459 e. The minimum absolute atomic E-state index is 0.133. The molecule has 208 valence electrons. The van der Waals surface area contributed by atoms with E-state index in [9.17, 15) is 14.4 Å². The van der Waals surface area contributed by atoms with E-state index in [4.69, 9.17) is 9.47 Å². The summed E-state index contributed by atoms with van der Waals surface area (Å²) in [6, 6.07) is 0. The number of carbonyl (C=O) groups excluding carboxylic acids is 3. The van der Waals surface area contributed by atoms with Crippen LogP contribution in [0.15, 0.2) is 12.2 Å². The fourth-order valence-corrected chi connectivity index (χ4v) is 9.31. The van der Waals surface area contributed by atoms with E-state index >= 15 is 0 Å². The summed E-state index contributed by atoms with van der Waals surface area (Å²) in [5.74, 6) is 3.29. The molecule has 0 bridgehead atoms. The summed E-state index contributed by atoms with van der Waals surface area (Å²) >= 11 is 0. The van der Waals surface area contributed by atoms with E-state index in [0.717, 1.165) is 6.42 Å². The van der Waals surface area contributed by atoms with Crippen molar-refractivity contribution in [1.82, 2.24) is 0 Å². The van der Waals surface area contributed by atoms with E-state index < -0.39 is 12.2 Å². The average Bonchev–Trinajstić information content (AvgIpc) is 3.15. The first-order valence-electron chi connectivity index (χ1n) is 14.8. The van der Waals surface area contributed by atoms with Crippen molar-refractivity contribution < 1.29 is 23.9 Å². The van der Waals surface area contributed by atoms with Gasteiger partial charge in [0.2, 0.25) is 0 Å². The van der Waals surface area contributed by atoms with Gasteiger partial charge < -0.3 is 9.47 Å². The summed E-state index contributed by atoms with van der Waals surface area (Å²) in [6.07, 6.45) is 10.4. The fourth-order valence-electron chi connectivity index (χ4n) is 9.31. The number of hydrogen-bond donors (Lipinski definition) is 0. The zero-order chi connectivity index (χ0) is 27.3. The third kappa shape index (κ3) is 5.17. The molecule has 0 heterocycles. The molecule has 4 saturated carbocycles. The molecule has 4 aliphatic carbocycles. The second kappa shape index (κ2) is 10.5. The molecule has 11 atom stereocenters. The Labute approximate surface area is 224 Å². The van der Waals surface area contributed by atoms with E-state index in [2.05, 4.69) is 53.7 Å². The lowest BCUT2D eigenvalue weighted by Gasteiger charge is -2.61. The monoisotopic (exact) mass is 514 g/mol. The van der Waals surface area contributed by atoms with Gasteiger partial charge in [0.1, 0.15) is 18.0 Å². The number of Topliss-reactive ketones (excluding diaryl/α,β-unsaturated/α-hetero) is 1. The van der Waals surface area contributed by atoms with E-state index in [1.165, 1.54) is 33.1 Å². The molecule has 5 nitrogen and oxygen atoms in total. The van der Waals surface area contributed by atoms with Gasteiger partial charge in [-0.2, -0.15) is 0 Å². The fraction of sp³-hybridized carbons (Fsp3) is 0.844. The van der Waals surface area contributed by atoms with E-state index in [-0.39, 0.29) is 28.7 Å². The number of allylic oxidation sites excluding steroid dienone is 2. The number of rotatable bonds is 6. The van der Waals surface area contributed by atoms with Gasteiger partial charge in [-0.25, -0.2) is 0 Å². The molecule has 4 rings (SSSR count). The highest BCUT2D eigenvalue weighted by atomic mass is 16.6. The first-order chi connectivity index (χ1) is 17.3. The minimum atomic E-state index is -0.537. The van der Waals surface area contributed by atoms with Crippen molar-refractivity contribution in [3.8, 4) is 0 Å². The Balaban J connectivity index is 1.57. The first-order valence-corrected chi connectivity index (χ1v) is 14.8. The Bertz CT molecular complexity index is 922. The smallest absolute Gasteiger partial charge is 0.303 e. The molecule has 37 heavy (non-hydrogen) atoms. The Kier molecular flexibility index (Phi) is 8.04. The highest BCUT2D eigenvalue weighted by Crippen LogP contribution is 2.68. The third-order valence-corrected chi connectivity index (χ3v) is 11.5. The topological polar surface area (TPSA) is 69.7 Å². The third-order valence-electron chi connectivity index (χ3n) is 11.5.